The predicted molar refractivity (Wildman–Crippen MR) is 136 cm³/mol. The zero-order chi connectivity index (χ0) is 24.0. The van der Waals surface area contributed by atoms with Gasteiger partial charge < -0.3 is 20.1 Å². The lowest BCUT2D eigenvalue weighted by molar-refractivity contribution is 0.0300. The maximum Gasteiger partial charge on any atom is 0.272 e. The van der Waals surface area contributed by atoms with Crippen LogP contribution in [0.25, 0.3) is 10.9 Å². The van der Waals surface area contributed by atoms with Crippen LogP contribution in [-0.2, 0) is 6.42 Å². The first-order valence-electron chi connectivity index (χ1n) is 11.6. The van der Waals surface area contributed by atoms with Gasteiger partial charge in [0.1, 0.15) is 11.4 Å². The predicted octanol–water partition coefficient (Wildman–Crippen LogP) is 5.12. The number of hydrogen-bond acceptors (Lipinski definition) is 4. The zero-order valence-electron chi connectivity index (χ0n) is 19.5. The van der Waals surface area contributed by atoms with Gasteiger partial charge in [0.2, 0.25) is 0 Å². The van der Waals surface area contributed by atoms with Crippen molar-refractivity contribution in [3.05, 3.63) is 96.2 Å². The highest BCUT2D eigenvalue weighted by Gasteiger charge is 2.26. The van der Waals surface area contributed by atoms with Crippen LogP contribution in [0.1, 0.15) is 36.3 Å². The smallest absolute Gasteiger partial charge is 0.272 e. The van der Waals surface area contributed by atoms with Crippen LogP contribution in [0.5, 0.6) is 5.75 Å². The van der Waals surface area contributed by atoms with Gasteiger partial charge in [0, 0.05) is 29.6 Å². The minimum absolute atomic E-state index is 0.198. The van der Waals surface area contributed by atoms with E-state index in [9.17, 15) is 9.90 Å². The number of aliphatic hydroxyl groups is 1. The van der Waals surface area contributed by atoms with Crippen LogP contribution < -0.4 is 15.4 Å². The number of aromatic amines is 1. The lowest BCUT2D eigenvalue weighted by atomic mass is 10.0. The molecule has 6 nitrogen and oxygen atoms in total. The highest BCUT2D eigenvalue weighted by Crippen LogP contribution is 2.24. The Morgan fingerprint density at radius 3 is 2.44 bits per heavy atom. The summed E-state index contributed by atoms with van der Waals surface area (Å²) in [5, 5.41) is 17.0. The normalized spacial score (nSPS) is 13.9. The van der Waals surface area contributed by atoms with Crippen LogP contribution in [0, 0.1) is 0 Å². The third kappa shape index (κ3) is 6.25. The monoisotopic (exact) mass is 457 g/mol. The number of para-hydroxylation sites is 1. The van der Waals surface area contributed by atoms with Crippen molar-refractivity contribution < 1.29 is 14.6 Å². The Balaban J connectivity index is 1.41. The molecule has 0 bridgehead atoms. The van der Waals surface area contributed by atoms with Gasteiger partial charge in [-0.05, 0) is 62.2 Å². The third-order valence-electron chi connectivity index (χ3n) is 5.73. The first-order valence-corrected chi connectivity index (χ1v) is 11.6. The molecule has 0 spiro atoms. The summed E-state index contributed by atoms with van der Waals surface area (Å²) in [6.07, 6.45) is 1.08. The van der Waals surface area contributed by atoms with Gasteiger partial charge in [0.25, 0.3) is 5.91 Å². The lowest BCUT2D eigenvalue weighted by Gasteiger charge is -2.33. The maximum atomic E-state index is 12.7. The highest BCUT2D eigenvalue weighted by molar-refractivity contribution is 6.05. The Morgan fingerprint density at radius 1 is 1.03 bits per heavy atom. The molecule has 1 aromatic heterocycles. The van der Waals surface area contributed by atoms with Crippen molar-refractivity contribution >= 4 is 22.5 Å². The molecule has 0 aliphatic heterocycles. The molecule has 0 aliphatic carbocycles. The molecule has 176 valence electrons. The van der Waals surface area contributed by atoms with Gasteiger partial charge >= 0.3 is 0 Å². The number of fused-ring (bicyclic) bond motifs is 1. The van der Waals surface area contributed by atoms with Gasteiger partial charge in [-0.1, -0.05) is 48.5 Å². The molecule has 0 fully saturated rings. The number of ether oxygens (including phenoxy) is 1. The number of hydrogen-bond donors (Lipinski definition) is 4. The molecular weight excluding hydrogens is 426 g/mol. The van der Waals surface area contributed by atoms with Gasteiger partial charge in [0.05, 0.1) is 6.10 Å². The molecule has 1 heterocycles. The van der Waals surface area contributed by atoms with Crippen molar-refractivity contribution in [1.82, 2.24) is 10.3 Å². The summed E-state index contributed by atoms with van der Waals surface area (Å²) >= 11 is 0. The van der Waals surface area contributed by atoms with E-state index in [0.717, 1.165) is 23.7 Å². The summed E-state index contributed by atoms with van der Waals surface area (Å²) in [6, 6.07) is 27.2. The van der Waals surface area contributed by atoms with Crippen molar-refractivity contribution in [3.8, 4) is 5.75 Å². The Hall–Kier alpha value is -3.61. The van der Waals surface area contributed by atoms with E-state index >= 15 is 0 Å². The van der Waals surface area contributed by atoms with Crippen molar-refractivity contribution in [2.75, 3.05) is 11.9 Å². The molecule has 34 heavy (non-hydrogen) atoms. The van der Waals surface area contributed by atoms with E-state index in [1.54, 1.807) is 6.92 Å². The standard InChI is InChI=1S/C28H31N3O3/c1-20(32)19-29-28(2,17-16-21-8-4-3-5-9-21)34-24-14-12-23(13-15-24)30-27(33)26-18-22-10-6-7-11-25(22)31-26/h3-15,18,20,29,31-32H,16-17,19H2,1-2H3,(H,30,33). The van der Waals surface area contributed by atoms with Crippen molar-refractivity contribution in [3.63, 3.8) is 0 Å². The molecule has 3 aromatic carbocycles. The molecule has 4 N–H and O–H groups in total. The van der Waals surface area contributed by atoms with Crippen LogP contribution >= 0.6 is 0 Å². The molecule has 0 saturated carbocycles. The number of aryl methyl sites for hydroxylation is 1. The topological polar surface area (TPSA) is 86.4 Å². The summed E-state index contributed by atoms with van der Waals surface area (Å²) in [5.74, 6) is 0.480. The number of aliphatic hydroxyl groups excluding tert-OH is 1. The second-order valence-corrected chi connectivity index (χ2v) is 8.80. The second-order valence-electron chi connectivity index (χ2n) is 8.80. The first kappa shape index (κ1) is 23.5. The minimum Gasteiger partial charge on any atom is -0.473 e. The van der Waals surface area contributed by atoms with Gasteiger partial charge in [-0.15, -0.1) is 0 Å². The Bertz CT molecular complexity index is 1190. The fourth-order valence-electron chi connectivity index (χ4n) is 3.83. The fraction of sp³-hybridized carbons (Fsp3) is 0.250. The molecule has 0 saturated heterocycles. The number of benzene rings is 3. The molecule has 0 aliphatic rings. The number of nitrogens with one attached hydrogen (secondary N) is 3. The number of rotatable bonds is 10. The van der Waals surface area contributed by atoms with Crippen LogP contribution in [0.3, 0.4) is 0 Å². The lowest BCUT2D eigenvalue weighted by Crippen LogP contribution is -2.50. The Labute approximate surface area is 200 Å². The van der Waals surface area contributed by atoms with E-state index in [4.69, 9.17) is 4.74 Å². The van der Waals surface area contributed by atoms with Crippen LogP contribution in [0.2, 0.25) is 0 Å². The third-order valence-corrected chi connectivity index (χ3v) is 5.73. The quantitative estimate of drug-likeness (QED) is 0.249. The van der Waals surface area contributed by atoms with Crippen LogP contribution in [-0.4, -0.2) is 34.4 Å². The molecule has 1 amide bonds. The van der Waals surface area contributed by atoms with Gasteiger partial charge in [-0.3, -0.25) is 10.1 Å². The van der Waals surface area contributed by atoms with E-state index in [-0.39, 0.29) is 5.91 Å². The van der Waals surface area contributed by atoms with E-state index in [2.05, 4.69) is 27.8 Å². The van der Waals surface area contributed by atoms with E-state index in [1.807, 2.05) is 79.7 Å². The number of carbonyl (C=O) groups is 1. The van der Waals surface area contributed by atoms with E-state index in [1.165, 1.54) is 5.56 Å². The average molecular weight is 458 g/mol. The molecule has 0 radical (unpaired) electrons. The number of carbonyl (C=O) groups excluding carboxylic acids is 1. The summed E-state index contributed by atoms with van der Waals surface area (Å²) in [6.45, 7) is 4.16. The molecular formula is C28H31N3O3. The van der Waals surface area contributed by atoms with E-state index < -0.39 is 11.8 Å². The molecule has 2 unspecified atom stereocenters. The molecule has 4 aromatic rings. The molecule has 6 heteroatoms. The first-order chi connectivity index (χ1) is 16.4. The zero-order valence-corrected chi connectivity index (χ0v) is 19.5. The number of aromatic nitrogens is 1. The van der Waals surface area contributed by atoms with Gasteiger partial charge in [0.15, 0.2) is 5.72 Å². The second kappa shape index (κ2) is 10.5. The summed E-state index contributed by atoms with van der Waals surface area (Å²) in [4.78, 5) is 15.8. The SMILES string of the molecule is CC(O)CNC(C)(CCc1ccccc1)Oc1ccc(NC(=O)c2cc3ccccc3[nH]2)cc1. The molecule has 2 atom stereocenters. The fourth-order valence-corrected chi connectivity index (χ4v) is 3.83. The van der Waals surface area contributed by atoms with Crippen molar-refractivity contribution in [2.45, 2.75) is 38.5 Å². The van der Waals surface area contributed by atoms with Crippen molar-refractivity contribution in [2.24, 2.45) is 0 Å². The Morgan fingerprint density at radius 2 is 1.74 bits per heavy atom. The summed E-state index contributed by atoms with van der Waals surface area (Å²) < 4.78 is 6.32. The minimum atomic E-state index is -0.665. The Kier molecular flexibility index (Phi) is 7.30. The number of amides is 1. The largest absolute Gasteiger partial charge is 0.473 e. The maximum absolute atomic E-state index is 12.7. The van der Waals surface area contributed by atoms with Crippen molar-refractivity contribution in [1.29, 1.82) is 0 Å². The van der Waals surface area contributed by atoms with Crippen LogP contribution in [0.15, 0.2) is 84.9 Å². The average Bonchev–Trinajstić information content (AvgIpc) is 3.28. The number of anilines is 1. The number of H-pyrrole nitrogens is 1. The summed E-state index contributed by atoms with van der Waals surface area (Å²) in [7, 11) is 0. The highest BCUT2D eigenvalue weighted by atomic mass is 16.5. The van der Waals surface area contributed by atoms with E-state index in [0.29, 0.717) is 23.7 Å². The molecule has 4 rings (SSSR count). The van der Waals surface area contributed by atoms with Crippen LogP contribution in [0.4, 0.5) is 5.69 Å². The van der Waals surface area contributed by atoms with Gasteiger partial charge in [-0.2, -0.15) is 0 Å². The van der Waals surface area contributed by atoms with Gasteiger partial charge in [-0.25, -0.2) is 0 Å². The summed E-state index contributed by atoms with van der Waals surface area (Å²) in [5.41, 5.74) is 2.68.